The van der Waals surface area contributed by atoms with E-state index in [9.17, 15) is 8.42 Å². The second-order valence-corrected chi connectivity index (χ2v) is 3.96. The van der Waals surface area contributed by atoms with Crippen molar-refractivity contribution < 1.29 is 21.5 Å². The second kappa shape index (κ2) is 2.83. The molecule has 0 atom stereocenters. The molecular formula is C7H8N2O5S. The molecule has 0 aromatic heterocycles. The second-order valence-electron chi connectivity index (χ2n) is 2.81. The topological polar surface area (TPSA) is 114 Å². The van der Waals surface area contributed by atoms with Gasteiger partial charge in [-0.05, 0) is 0 Å². The Kier molecular flexibility index (Phi) is 1.83. The summed E-state index contributed by atoms with van der Waals surface area (Å²) in [5, 5.41) is 0. The molecule has 0 aliphatic carbocycles. The molecule has 0 fully saturated rings. The highest BCUT2D eigenvalue weighted by atomic mass is 32.3. The van der Waals surface area contributed by atoms with Crippen LogP contribution in [0.3, 0.4) is 0 Å². The molecule has 1 aromatic carbocycles. The van der Waals surface area contributed by atoms with Gasteiger partial charge in [0.1, 0.15) is 17.1 Å². The number of fused-ring (bicyclic) bond motifs is 1. The van der Waals surface area contributed by atoms with Crippen LogP contribution in [0.15, 0.2) is 6.07 Å². The maximum Gasteiger partial charge on any atom is 0.501 e. The lowest BCUT2D eigenvalue weighted by Crippen LogP contribution is -2.08. The number of ether oxygens (including phenoxy) is 1. The van der Waals surface area contributed by atoms with Crippen molar-refractivity contribution in [3.05, 3.63) is 6.07 Å². The molecule has 0 unspecified atom stereocenters. The maximum absolute atomic E-state index is 11.0. The Morgan fingerprint density at radius 1 is 1.27 bits per heavy atom. The van der Waals surface area contributed by atoms with Crippen molar-refractivity contribution in [1.29, 1.82) is 0 Å². The van der Waals surface area contributed by atoms with Crippen molar-refractivity contribution in [2.45, 2.75) is 0 Å². The van der Waals surface area contributed by atoms with Crippen LogP contribution in [0, 0.1) is 0 Å². The van der Waals surface area contributed by atoms with Gasteiger partial charge in [-0.25, -0.2) is 0 Å². The van der Waals surface area contributed by atoms with Crippen molar-refractivity contribution in [2.75, 3.05) is 18.6 Å². The molecule has 0 spiro atoms. The van der Waals surface area contributed by atoms with Crippen LogP contribution in [0.1, 0.15) is 0 Å². The van der Waals surface area contributed by atoms with E-state index in [1.165, 1.54) is 13.2 Å². The average molecular weight is 232 g/mol. The number of nitrogen functional groups attached to an aromatic ring is 2. The van der Waals surface area contributed by atoms with Crippen molar-refractivity contribution in [3.8, 4) is 17.2 Å². The highest BCUT2D eigenvalue weighted by Crippen LogP contribution is 2.47. The highest BCUT2D eigenvalue weighted by molar-refractivity contribution is 7.82. The molecule has 0 radical (unpaired) electrons. The minimum atomic E-state index is -4.06. The van der Waals surface area contributed by atoms with Crippen molar-refractivity contribution in [1.82, 2.24) is 0 Å². The lowest BCUT2D eigenvalue weighted by atomic mass is 10.2. The zero-order chi connectivity index (χ0) is 11.2. The van der Waals surface area contributed by atoms with Gasteiger partial charge in [0, 0.05) is 6.07 Å². The Hall–Kier alpha value is -1.83. The number of hydrogen-bond donors (Lipinski definition) is 2. The molecular weight excluding hydrogens is 224 g/mol. The summed E-state index contributed by atoms with van der Waals surface area (Å²) in [4.78, 5) is 0. The summed E-state index contributed by atoms with van der Waals surface area (Å²) in [6.45, 7) is 0. The molecule has 7 nitrogen and oxygen atoms in total. The zero-order valence-electron chi connectivity index (χ0n) is 7.68. The van der Waals surface area contributed by atoms with Gasteiger partial charge in [0.2, 0.25) is 5.75 Å². The quantitative estimate of drug-likeness (QED) is 0.648. The van der Waals surface area contributed by atoms with Crippen LogP contribution >= 0.6 is 0 Å². The van der Waals surface area contributed by atoms with Gasteiger partial charge in [-0.1, -0.05) is 0 Å². The normalized spacial score (nSPS) is 16.3. The third-order valence-corrected chi connectivity index (χ3v) is 2.64. The molecule has 0 amide bonds. The van der Waals surface area contributed by atoms with E-state index in [1.54, 1.807) is 0 Å². The van der Waals surface area contributed by atoms with Gasteiger partial charge < -0.3 is 24.6 Å². The third kappa shape index (κ3) is 1.38. The summed E-state index contributed by atoms with van der Waals surface area (Å²) >= 11 is 0. The van der Waals surface area contributed by atoms with Gasteiger partial charge >= 0.3 is 10.4 Å². The molecule has 8 heteroatoms. The lowest BCUT2D eigenvalue weighted by Gasteiger charge is -2.07. The van der Waals surface area contributed by atoms with Crippen LogP contribution in [-0.4, -0.2) is 15.5 Å². The largest absolute Gasteiger partial charge is 0.501 e. The van der Waals surface area contributed by atoms with Gasteiger partial charge in [0.15, 0.2) is 5.75 Å². The Morgan fingerprint density at radius 3 is 2.53 bits per heavy atom. The molecule has 1 aromatic rings. The molecule has 1 aliphatic rings. The molecule has 1 aliphatic heterocycles. The fourth-order valence-corrected chi connectivity index (χ4v) is 1.95. The number of benzene rings is 1. The van der Waals surface area contributed by atoms with E-state index in [0.717, 1.165) is 0 Å². The Labute approximate surface area is 85.9 Å². The summed E-state index contributed by atoms with van der Waals surface area (Å²) in [7, 11) is -2.68. The van der Waals surface area contributed by atoms with Crippen molar-refractivity contribution in [3.63, 3.8) is 0 Å². The lowest BCUT2D eigenvalue weighted by molar-refractivity contribution is 0.414. The molecule has 0 saturated heterocycles. The van der Waals surface area contributed by atoms with Crippen LogP contribution in [0.2, 0.25) is 0 Å². The number of anilines is 2. The fourth-order valence-electron chi connectivity index (χ4n) is 1.20. The summed E-state index contributed by atoms with van der Waals surface area (Å²) < 4.78 is 35.8. The van der Waals surface area contributed by atoms with Crippen LogP contribution < -0.4 is 24.6 Å². The molecule has 15 heavy (non-hydrogen) atoms. The summed E-state index contributed by atoms with van der Waals surface area (Å²) in [5.41, 5.74) is 11.2. The van der Waals surface area contributed by atoms with Gasteiger partial charge in [-0.2, -0.15) is 0 Å². The maximum atomic E-state index is 11.0. The van der Waals surface area contributed by atoms with Gasteiger partial charge in [-0.3, -0.25) is 0 Å². The molecule has 4 N–H and O–H groups in total. The number of nitrogens with two attached hydrogens (primary N) is 2. The SMILES string of the molecule is COc1cc2c(c(N)c1N)OS(=O)(=O)O2. The van der Waals surface area contributed by atoms with Gasteiger partial charge in [-0.15, -0.1) is 8.42 Å². The standard InChI is InChI=1S/C7H8N2O5S/c1-12-3-2-4-7(6(9)5(3)8)14-15(10,11)13-4/h2H,8-9H2,1H3. The first kappa shape index (κ1) is 9.71. The van der Waals surface area contributed by atoms with E-state index in [1.807, 2.05) is 0 Å². The Bertz CT molecular complexity index is 525. The van der Waals surface area contributed by atoms with Crippen molar-refractivity contribution in [2.24, 2.45) is 0 Å². The third-order valence-electron chi connectivity index (χ3n) is 1.88. The van der Waals surface area contributed by atoms with Crippen LogP contribution in [-0.2, 0) is 10.4 Å². The first-order valence-electron chi connectivity index (χ1n) is 3.84. The fraction of sp³-hybridized carbons (Fsp3) is 0.143. The predicted molar refractivity (Wildman–Crippen MR) is 52.0 cm³/mol. The minimum absolute atomic E-state index is 0.0228. The zero-order valence-corrected chi connectivity index (χ0v) is 8.50. The summed E-state index contributed by atoms with van der Waals surface area (Å²) in [6, 6.07) is 1.30. The molecule has 1 heterocycles. The smallest absolute Gasteiger partial charge is 0.494 e. The molecule has 82 valence electrons. The number of hydrogen-bond acceptors (Lipinski definition) is 7. The Balaban J connectivity index is 2.66. The van der Waals surface area contributed by atoms with E-state index in [4.69, 9.17) is 16.2 Å². The number of rotatable bonds is 1. The summed E-state index contributed by atoms with van der Waals surface area (Å²) in [5.74, 6) is 0.0961. The Morgan fingerprint density at radius 2 is 1.93 bits per heavy atom. The van der Waals surface area contributed by atoms with Crippen LogP contribution in [0.4, 0.5) is 11.4 Å². The highest BCUT2D eigenvalue weighted by Gasteiger charge is 2.32. The van der Waals surface area contributed by atoms with E-state index in [2.05, 4.69) is 8.37 Å². The monoisotopic (exact) mass is 232 g/mol. The van der Waals surface area contributed by atoms with Crippen LogP contribution in [0.5, 0.6) is 17.2 Å². The predicted octanol–water partition coefficient (Wildman–Crippen LogP) is -0.124. The molecule has 0 saturated carbocycles. The first-order chi connectivity index (χ1) is 6.94. The van der Waals surface area contributed by atoms with E-state index >= 15 is 0 Å². The van der Waals surface area contributed by atoms with Gasteiger partial charge in [0.05, 0.1) is 7.11 Å². The van der Waals surface area contributed by atoms with E-state index in [0.29, 0.717) is 0 Å². The van der Waals surface area contributed by atoms with Crippen molar-refractivity contribution >= 4 is 21.8 Å². The van der Waals surface area contributed by atoms with E-state index in [-0.39, 0.29) is 28.6 Å². The molecule has 2 rings (SSSR count). The first-order valence-corrected chi connectivity index (χ1v) is 5.18. The minimum Gasteiger partial charge on any atom is -0.494 e. The van der Waals surface area contributed by atoms with E-state index < -0.39 is 10.4 Å². The average Bonchev–Trinajstić information content (AvgIpc) is 2.47. The molecule has 0 bridgehead atoms. The number of methoxy groups -OCH3 is 1. The van der Waals surface area contributed by atoms with Crippen LogP contribution in [0.25, 0.3) is 0 Å². The summed E-state index contributed by atoms with van der Waals surface area (Å²) in [6.07, 6.45) is 0. The van der Waals surface area contributed by atoms with Gasteiger partial charge in [0.25, 0.3) is 0 Å².